The Bertz CT molecular complexity index is 584. The van der Waals surface area contributed by atoms with E-state index in [1.54, 1.807) is 0 Å². The fourth-order valence-corrected chi connectivity index (χ4v) is 7.79. The van der Waals surface area contributed by atoms with E-state index in [4.69, 9.17) is 4.74 Å². The minimum atomic E-state index is -0.360. The van der Waals surface area contributed by atoms with Gasteiger partial charge in [-0.15, -0.1) is 0 Å². The highest BCUT2D eigenvalue weighted by molar-refractivity contribution is 5.77. The molecule has 134 valence electrons. The molecule has 4 rings (SSSR count). The highest BCUT2D eigenvalue weighted by Gasteiger charge is 2.66. The number of aliphatic hydroxyl groups is 1. The van der Waals surface area contributed by atoms with Crippen molar-refractivity contribution in [3.8, 4) is 0 Å². The Morgan fingerprint density at radius 2 is 2.00 bits per heavy atom. The molecule has 0 aromatic carbocycles. The van der Waals surface area contributed by atoms with E-state index in [1.165, 1.54) is 25.5 Å². The summed E-state index contributed by atoms with van der Waals surface area (Å²) in [6.07, 6.45) is 8.39. The molecule has 0 amide bonds. The maximum atomic E-state index is 12.6. The number of aliphatic hydroxyl groups excluding tert-OH is 1. The van der Waals surface area contributed by atoms with Gasteiger partial charge in [-0.3, -0.25) is 4.79 Å². The molecule has 0 aromatic heterocycles. The van der Waals surface area contributed by atoms with Crippen molar-refractivity contribution in [3.63, 3.8) is 0 Å². The van der Waals surface area contributed by atoms with E-state index < -0.39 is 0 Å². The molecule has 3 nitrogen and oxygen atoms in total. The zero-order valence-corrected chi connectivity index (χ0v) is 15.4. The van der Waals surface area contributed by atoms with E-state index in [1.807, 2.05) is 0 Å². The van der Waals surface area contributed by atoms with E-state index in [9.17, 15) is 9.90 Å². The van der Waals surface area contributed by atoms with Crippen molar-refractivity contribution in [2.45, 2.75) is 71.3 Å². The third-order valence-corrected chi connectivity index (χ3v) is 8.77. The van der Waals surface area contributed by atoms with E-state index in [2.05, 4.69) is 20.4 Å². The summed E-state index contributed by atoms with van der Waals surface area (Å²) in [5.74, 6) is 1.18. The molecule has 4 aliphatic rings. The van der Waals surface area contributed by atoms with Crippen LogP contribution in [-0.4, -0.2) is 24.3 Å². The van der Waals surface area contributed by atoms with Gasteiger partial charge in [-0.1, -0.05) is 25.5 Å². The average molecular weight is 332 g/mol. The van der Waals surface area contributed by atoms with Crippen LogP contribution in [0.1, 0.15) is 65.2 Å². The maximum absolute atomic E-state index is 12.6. The van der Waals surface area contributed by atoms with Crippen molar-refractivity contribution in [2.24, 2.45) is 34.0 Å². The minimum absolute atomic E-state index is 0.0283. The fraction of sp³-hybridized carbons (Fsp3) is 0.857. The molecule has 24 heavy (non-hydrogen) atoms. The predicted octanol–water partition coefficient (Wildman–Crippen LogP) is 4.10. The Morgan fingerprint density at radius 3 is 2.71 bits per heavy atom. The van der Waals surface area contributed by atoms with Gasteiger partial charge in [0.15, 0.2) is 0 Å². The summed E-state index contributed by atoms with van der Waals surface area (Å²) in [4.78, 5) is 12.6. The largest absolute Gasteiger partial charge is 0.469 e. The minimum Gasteiger partial charge on any atom is -0.469 e. The number of carbonyl (C=O) groups excluding carboxylic acids is 1. The summed E-state index contributed by atoms with van der Waals surface area (Å²) >= 11 is 0. The highest BCUT2D eigenvalue weighted by Crippen LogP contribution is 2.72. The van der Waals surface area contributed by atoms with Crippen LogP contribution in [0.5, 0.6) is 0 Å². The van der Waals surface area contributed by atoms with E-state index in [0.717, 1.165) is 38.5 Å². The Labute approximate surface area is 145 Å². The number of methoxy groups -OCH3 is 1. The lowest BCUT2D eigenvalue weighted by atomic mass is 9.41. The molecule has 4 fully saturated rings. The lowest BCUT2D eigenvalue weighted by molar-refractivity contribution is -0.189. The molecular formula is C21H32O3. The smallest absolute Gasteiger partial charge is 0.311 e. The second-order valence-electron chi connectivity index (χ2n) is 9.72. The van der Waals surface area contributed by atoms with Crippen molar-refractivity contribution in [1.82, 2.24) is 0 Å². The number of rotatable bonds is 1. The van der Waals surface area contributed by atoms with Crippen molar-refractivity contribution >= 4 is 5.97 Å². The molecule has 4 saturated carbocycles. The monoisotopic (exact) mass is 332 g/mol. The molecule has 1 spiro atoms. The molecule has 0 heterocycles. The van der Waals surface area contributed by atoms with Crippen LogP contribution in [0.3, 0.4) is 0 Å². The number of ether oxygens (including phenoxy) is 1. The van der Waals surface area contributed by atoms with Crippen molar-refractivity contribution in [1.29, 1.82) is 0 Å². The molecule has 2 bridgehead atoms. The van der Waals surface area contributed by atoms with Gasteiger partial charge in [-0.05, 0) is 74.5 Å². The second kappa shape index (κ2) is 5.09. The predicted molar refractivity (Wildman–Crippen MR) is 93.2 cm³/mol. The molecular weight excluding hydrogens is 300 g/mol. The van der Waals surface area contributed by atoms with Crippen LogP contribution in [0.25, 0.3) is 0 Å². The van der Waals surface area contributed by atoms with Gasteiger partial charge in [-0.2, -0.15) is 0 Å². The molecule has 4 aliphatic carbocycles. The molecule has 0 aromatic rings. The molecule has 0 unspecified atom stereocenters. The number of fused-ring (bicyclic) bond motifs is 3. The zero-order chi connectivity index (χ0) is 17.3. The third kappa shape index (κ3) is 1.91. The average Bonchev–Trinajstić information content (AvgIpc) is 2.82. The quantitative estimate of drug-likeness (QED) is 0.581. The summed E-state index contributed by atoms with van der Waals surface area (Å²) < 4.78 is 5.22. The summed E-state index contributed by atoms with van der Waals surface area (Å²) in [6, 6.07) is 0. The third-order valence-electron chi connectivity index (χ3n) is 8.77. The Hall–Kier alpha value is -0.830. The Balaban J connectivity index is 1.75. The van der Waals surface area contributed by atoms with Crippen LogP contribution in [0.15, 0.2) is 12.2 Å². The van der Waals surface area contributed by atoms with Gasteiger partial charge in [0, 0.05) is 5.92 Å². The van der Waals surface area contributed by atoms with Crippen LogP contribution in [0.4, 0.5) is 0 Å². The SMILES string of the molecule is C=C1C[C@@]23CC[C@H]4[C@@](C)(CCC[C@@]4(C)C(=O)OC)[C@@H]2C[C@H](O)[C@H]1C3. The van der Waals surface area contributed by atoms with Gasteiger partial charge in [0.25, 0.3) is 0 Å². The number of hydrogen-bond donors (Lipinski definition) is 1. The first-order chi connectivity index (χ1) is 11.3. The standard InChI is InChI=1S/C21H32O3/c1-13-11-21-9-6-16-19(2,17(21)10-15(22)14(13)12-21)7-5-8-20(16,3)18(23)24-4/h14-17,22H,1,5-12H2,2-4H3/t14-,15-,16-,17-,19+,20+,21+/m0/s1. The topological polar surface area (TPSA) is 46.5 Å². The molecule has 1 N–H and O–H groups in total. The first-order valence-corrected chi connectivity index (χ1v) is 9.71. The summed E-state index contributed by atoms with van der Waals surface area (Å²) in [5.41, 5.74) is 1.38. The highest BCUT2D eigenvalue weighted by atomic mass is 16.5. The van der Waals surface area contributed by atoms with Crippen LogP contribution < -0.4 is 0 Å². The van der Waals surface area contributed by atoms with Crippen LogP contribution >= 0.6 is 0 Å². The van der Waals surface area contributed by atoms with Gasteiger partial charge in [0.05, 0.1) is 18.6 Å². The van der Waals surface area contributed by atoms with Crippen LogP contribution in [-0.2, 0) is 9.53 Å². The summed E-state index contributed by atoms with van der Waals surface area (Å²) in [7, 11) is 1.53. The van der Waals surface area contributed by atoms with Crippen molar-refractivity contribution in [3.05, 3.63) is 12.2 Å². The first kappa shape index (κ1) is 16.6. The van der Waals surface area contributed by atoms with Crippen LogP contribution in [0, 0.1) is 34.0 Å². The zero-order valence-electron chi connectivity index (χ0n) is 15.4. The number of hydrogen-bond acceptors (Lipinski definition) is 3. The van der Waals surface area contributed by atoms with Gasteiger partial charge in [0.2, 0.25) is 0 Å². The summed E-state index contributed by atoms with van der Waals surface area (Å²) in [6.45, 7) is 8.84. The lowest BCUT2D eigenvalue weighted by Gasteiger charge is -2.63. The van der Waals surface area contributed by atoms with E-state index in [0.29, 0.717) is 23.2 Å². The molecule has 7 atom stereocenters. The van der Waals surface area contributed by atoms with Gasteiger partial charge >= 0.3 is 5.97 Å². The summed E-state index contributed by atoms with van der Waals surface area (Å²) in [5, 5.41) is 10.7. The molecule has 0 aliphatic heterocycles. The Kier molecular flexibility index (Phi) is 3.53. The molecule has 0 radical (unpaired) electrons. The fourth-order valence-electron chi connectivity index (χ4n) is 7.79. The normalized spacial score (nSPS) is 53.2. The first-order valence-electron chi connectivity index (χ1n) is 9.71. The van der Waals surface area contributed by atoms with E-state index in [-0.39, 0.29) is 22.9 Å². The maximum Gasteiger partial charge on any atom is 0.311 e. The van der Waals surface area contributed by atoms with Gasteiger partial charge < -0.3 is 9.84 Å². The van der Waals surface area contributed by atoms with Crippen molar-refractivity contribution in [2.75, 3.05) is 7.11 Å². The van der Waals surface area contributed by atoms with Gasteiger partial charge in [-0.25, -0.2) is 0 Å². The second-order valence-corrected chi connectivity index (χ2v) is 9.72. The lowest BCUT2D eigenvalue weighted by Crippen LogP contribution is -2.59. The van der Waals surface area contributed by atoms with Crippen molar-refractivity contribution < 1.29 is 14.6 Å². The molecule has 0 saturated heterocycles. The van der Waals surface area contributed by atoms with Gasteiger partial charge in [0.1, 0.15) is 0 Å². The number of esters is 1. The van der Waals surface area contributed by atoms with E-state index >= 15 is 0 Å². The number of carbonyl (C=O) groups is 1. The van der Waals surface area contributed by atoms with Crippen LogP contribution in [0.2, 0.25) is 0 Å². The molecule has 3 heteroatoms. The Morgan fingerprint density at radius 1 is 1.25 bits per heavy atom.